The summed E-state index contributed by atoms with van der Waals surface area (Å²) in [4.78, 5) is 0. The summed E-state index contributed by atoms with van der Waals surface area (Å²) in [6.07, 6.45) is 0. The minimum absolute atomic E-state index is 0.227. The number of nitrogens with one attached hydrogen (secondary N) is 2. The molecule has 2 aromatic rings. The van der Waals surface area contributed by atoms with Gasteiger partial charge < -0.3 is 20.1 Å². The first-order valence-electron chi connectivity index (χ1n) is 6.28. The van der Waals surface area contributed by atoms with Crippen molar-refractivity contribution in [2.24, 2.45) is 0 Å². The van der Waals surface area contributed by atoms with E-state index in [2.05, 4.69) is 10.6 Å². The Morgan fingerprint density at radius 3 is 2.36 bits per heavy atom. The maximum atomic E-state index is 13.7. The van der Waals surface area contributed by atoms with Crippen molar-refractivity contribution in [1.29, 1.82) is 0 Å². The lowest BCUT2D eigenvalue weighted by Gasteiger charge is -2.14. The Bertz CT molecular complexity index is 697. The standard InChI is InChI=1S/C15H14ClFN2O2S/c1-20-10-4-6-13(14(8-10)21-2)19-15(22)18-12-5-3-9(16)7-11(12)17/h3-8H,1-2H3,(H2,18,19,22). The summed E-state index contributed by atoms with van der Waals surface area (Å²) in [5.41, 5.74) is 0.865. The summed E-state index contributed by atoms with van der Waals surface area (Å²) in [6.45, 7) is 0. The second-order valence-corrected chi connectivity index (χ2v) is 5.11. The predicted octanol–water partition coefficient (Wildman–Crippen LogP) is 4.31. The predicted molar refractivity (Wildman–Crippen MR) is 90.8 cm³/mol. The molecule has 0 heterocycles. The maximum absolute atomic E-state index is 13.7. The number of anilines is 2. The van der Waals surface area contributed by atoms with E-state index in [4.69, 9.17) is 33.3 Å². The lowest BCUT2D eigenvalue weighted by atomic mass is 10.2. The van der Waals surface area contributed by atoms with Crippen LogP contribution in [0, 0.1) is 5.82 Å². The largest absolute Gasteiger partial charge is 0.497 e. The van der Waals surface area contributed by atoms with Gasteiger partial charge in [0.1, 0.15) is 17.3 Å². The molecule has 2 aromatic carbocycles. The van der Waals surface area contributed by atoms with Crippen LogP contribution in [-0.2, 0) is 0 Å². The molecule has 0 saturated heterocycles. The molecule has 0 unspecified atom stereocenters. The number of halogens is 2. The Morgan fingerprint density at radius 2 is 1.73 bits per heavy atom. The van der Waals surface area contributed by atoms with Crippen molar-refractivity contribution in [2.45, 2.75) is 0 Å². The molecule has 2 N–H and O–H groups in total. The summed E-state index contributed by atoms with van der Waals surface area (Å²) in [5.74, 6) is 0.725. The summed E-state index contributed by atoms with van der Waals surface area (Å²) >= 11 is 10.9. The monoisotopic (exact) mass is 340 g/mol. The molecule has 0 aliphatic heterocycles. The third-order valence-corrected chi connectivity index (χ3v) is 3.28. The molecule has 4 nitrogen and oxygen atoms in total. The Hall–Kier alpha value is -2.05. The summed E-state index contributed by atoms with van der Waals surface area (Å²) < 4.78 is 24.1. The molecule has 0 spiro atoms. The molecular weight excluding hydrogens is 327 g/mol. The Morgan fingerprint density at radius 1 is 1.05 bits per heavy atom. The van der Waals surface area contributed by atoms with Gasteiger partial charge in [-0.3, -0.25) is 0 Å². The van der Waals surface area contributed by atoms with Gasteiger partial charge >= 0.3 is 0 Å². The van der Waals surface area contributed by atoms with Crippen LogP contribution < -0.4 is 20.1 Å². The fourth-order valence-electron chi connectivity index (χ4n) is 1.77. The SMILES string of the molecule is COc1ccc(NC(=S)Nc2ccc(Cl)cc2F)c(OC)c1. The van der Waals surface area contributed by atoms with E-state index in [9.17, 15) is 4.39 Å². The lowest BCUT2D eigenvalue weighted by molar-refractivity contribution is 0.395. The number of hydrogen-bond acceptors (Lipinski definition) is 3. The van der Waals surface area contributed by atoms with Crippen molar-refractivity contribution in [2.75, 3.05) is 24.9 Å². The minimum atomic E-state index is -0.488. The zero-order chi connectivity index (χ0) is 16.1. The number of benzene rings is 2. The molecule has 0 saturated carbocycles. The first-order valence-corrected chi connectivity index (χ1v) is 7.07. The lowest BCUT2D eigenvalue weighted by Crippen LogP contribution is -2.20. The molecule has 7 heteroatoms. The minimum Gasteiger partial charge on any atom is -0.497 e. The van der Waals surface area contributed by atoms with Gasteiger partial charge in [-0.25, -0.2) is 4.39 Å². The van der Waals surface area contributed by atoms with Crippen LogP contribution in [0.5, 0.6) is 11.5 Å². The van der Waals surface area contributed by atoms with Crippen molar-refractivity contribution in [3.8, 4) is 11.5 Å². The highest BCUT2D eigenvalue weighted by molar-refractivity contribution is 7.80. The topological polar surface area (TPSA) is 42.5 Å². The van der Waals surface area contributed by atoms with Crippen LogP contribution in [0.25, 0.3) is 0 Å². The van der Waals surface area contributed by atoms with Crippen molar-refractivity contribution in [1.82, 2.24) is 0 Å². The van der Waals surface area contributed by atoms with Gasteiger partial charge in [-0.2, -0.15) is 0 Å². The third kappa shape index (κ3) is 3.99. The number of hydrogen-bond donors (Lipinski definition) is 2. The van der Waals surface area contributed by atoms with Crippen LogP contribution in [0.2, 0.25) is 5.02 Å². The quantitative estimate of drug-likeness (QED) is 0.812. The van der Waals surface area contributed by atoms with Crippen molar-refractivity contribution in [3.63, 3.8) is 0 Å². The zero-order valence-corrected chi connectivity index (χ0v) is 13.5. The van der Waals surface area contributed by atoms with Gasteiger partial charge in [0.15, 0.2) is 5.11 Å². The van der Waals surface area contributed by atoms with Gasteiger partial charge in [-0.15, -0.1) is 0 Å². The summed E-state index contributed by atoms with van der Waals surface area (Å²) in [7, 11) is 3.10. The van der Waals surface area contributed by atoms with Crippen LogP contribution in [0.15, 0.2) is 36.4 Å². The van der Waals surface area contributed by atoms with E-state index < -0.39 is 5.82 Å². The van der Waals surface area contributed by atoms with Crippen LogP contribution >= 0.6 is 23.8 Å². The average molecular weight is 341 g/mol. The smallest absolute Gasteiger partial charge is 0.175 e. The van der Waals surface area contributed by atoms with Crippen molar-refractivity contribution in [3.05, 3.63) is 47.2 Å². The Balaban J connectivity index is 2.12. The first-order chi connectivity index (χ1) is 10.5. The number of rotatable bonds is 4. The molecule has 0 atom stereocenters. The number of methoxy groups -OCH3 is 2. The van der Waals surface area contributed by atoms with Crippen molar-refractivity contribution >= 4 is 40.3 Å². The van der Waals surface area contributed by atoms with Crippen LogP contribution in [-0.4, -0.2) is 19.3 Å². The maximum Gasteiger partial charge on any atom is 0.175 e. The van der Waals surface area contributed by atoms with Gasteiger partial charge in [-0.1, -0.05) is 11.6 Å². The zero-order valence-electron chi connectivity index (χ0n) is 11.9. The number of ether oxygens (including phenoxy) is 2. The van der Waals surface area contributed by atoms with E-state index in [1.54, 1.807) is 31.4 Å². The van der Waals surface area contributed by atoms with E-state index in [0.29, 0.717) is 22.2 Å². The molecular formula is C15H14ClFN2O2S. The van der Waals surface area contributed by atoms with Crippen LogP contribution in [0.3, 0.4) is 0 Å². The number of thiocarbonyl (C=S) groups is 1. The fraction of sp³-hybridized carbons (Fsp3) is 0.133. The highest BCUT2D eigenvalue weighted by atomic mass is 35.5. The van der Waals surface area contributed by atoms with Crippen molar-refractivity contribution < 1.29 is 13.9 Å². The Kier molecular flexibility index (Phi) is 5.41. The van der Waals surface area contributed by atoms with Gasteiger partial charge in [0.2, 0.25) is 0 Å². The molecule has 0 aromatic heterocycles. The van der Waals surface area contributed by atoms with Gasteiger partial charge in [0, 0.05) is 11.1 Å². The van der Waals surface area contributed by atoms with Gasteiger partial charge in [0.05, 0.1) is 25.6 Å². The summed E-state index contributed by atoms with van der Waals surface area (Å²) in [5, 5.41) is 6.25. The van der Waals surface area contributed by atoms with E-state index >= 15 is 0 Å². The van der Waals surface area contributed by atoms with E-state index in [1.165, 1.54) is 19.2 Å². The second kappa shape index (κ2) is 7.29. The molecule has 0 fully saturated rings. The first kappa shape index (κ1) is 16.3. The molecule has 0 aliphatic carbocycles. The molecule has 2 rings (SSSR count). The molecule has 0 aliphatic rings. The molecule has 0 amide bonds. The van der Waals surface area contributed by atoms with Gasteiger partial charge in [0.25, 0.3) is 0 Å². The summed E-state index contributed by atoms with van der Waals surface area (Å²) in [6, 6.07) is 9.52. The van der Waals surface area contributed by atoms with E-state index in [0.717, 1.165) is 0 Å². The van der Waals surface area contributed by atoms with E-state index in [-0.39, 0.29) is 10.8 Å². The molecule has 22 heavy (non-hydrogen) atoms. The highest BCUT2D eigenvalue weighted by Gasteiger charge is 2.09. The fourth-order valence-corrected chi connectivity index (χ4v) is 2.15. The normalized spacial score (nSPS) is 10.0. The highest BCUT2D eigenvalue weighted by Crippen LogP contribution is 2.29. The molecule has 0 bridgehead atoms. The average Bonchev–Trinajstić information content (AvgIpc) is 2.50. The second-order valence-electron chi connectivity index (χ2n) is 4.27. The van der Waals surface area contributed by atoms with Crippen LogP contribution in [0.1, 0.15) is 0 Å². The molecule has 0 radical (unpaired) electrons. The van der Waals surface area contributed by atoms with E-state index in [1.807, 2.05) is 0 Å². The van der Waals surface area contributed by atoms with Gasteiger partial charge in [-0.05, 0) is 42.5 Å². The van der Waals surface area contributed by atoms with Crippen LogP contribution in [0.4, 0.5) is 15.8 Å². The molecule has 116 valence electrons. The Labute approximate surface area is 138 Å². The third-order valence-electron chi connectivity index (χ3n) is 2.84.